The number of nitrogens with one attached hydrogen (secondary N) is 1. The highest BCUT2D eigenvalue weighted by Crippen LogP contribution is 2.40. The van der Waals surface area contributed by atoms with Crippen LogP contribution in [-0.4, -0.2) is 34.9 Å². The Bertz CT molecular complexity index is 341. The monoisotopic (exact) mass is 293 g/mol. The number of aliphatic hydroxyl groups is 1. The van der Waals surface area contributed by atoms with Crippen molar-refractivity contribution in [2.45, 2.75) is 70.5 Å². The van der Waals surface area contributed by atoms with Crippen molar-refractivity contribution in [2.75, 3.05) is 6.54 Å². The van der Waals surface area contributed by atoms with E-state index in [1.54, 1.807) is 27.7 Å². The van der Waals surface area contributed by atoms with Crippen LogP contribution in [0.3, 0.4) is 0 Å². The molecule has 1 unspecified atom stereocenters. The Labute approximate surface area is 118 Å². The van der Waals surface area contributed by atoms with Gasteiger partial charge in [0.15, 0.2) is 0 Å². The first-order valence-corrected chi connectivity index (χ1v) is 6.98. The van der Waals surface area contributed by atoms with E-state index in [1.807, 2.05) is 0 Å². The van der Waals surface area contributed by atoms with Crippen LogP contribution < -0.4 is 5.32 Å². The van der Waals surface area contributed by atoms with Gasteiger partial charge >= 0.3 is 6.09 Å². The third kappa shape index (κ3) is 5.61. The first-order valence-electron chi connectivity index (χ1n) is 6.98. The summed E-state index contributed by atoms with van der Waals surface area (Å²) < 4.78 is 31.3. The molecule has 20 heavy (non-hydrogen) atoms. The Kier molecular flexibility index (Phi) is 5.00. The highest BCUT2D eigenvalue weighted by Gasteiger charge is 2.41. The summed E-state index contributed by atoms with van der Waals surface area (Å²) in [5, 5.41) is 12.8. The Balaban J connectivity index is 2.44. The first-order chi connectivity index (χ1) is 8.91. The molecule has 118 valence electrons. The van der Waals surface area contributed by atoms with E-state index in [1.165, 1.54) is 0 Å². The minimum atomic E-state index is -2.62. The smallest absolute Gasteiger partial charge is 0.407 e. The van der Waals surface area contributed by atoms with E-state index in [9.17, 15) is 18.7 Å². The minimum Gasteiger partial charge on any atom is -0.444 e. The number of hydrogen-bond acceptors (Lipinski definition) is 3. The standard InChI is InChI=1S/C14H25F2NO3/c1-12(2,3)20-11(18)17-9-13(4,19)10-5-7-14(15,16)8-6-10/h10,19H,5-9H2,1-4H3,(H,17,18). The van der Waals surface area contributed by atoms with Crippen LogP contribution in [0, 0.1) is 5.92 Å². The second kappa shape index (κ2) is 5.84. The molecule has 1 fully saturated rings. The number of ether oxygens (including phenoxy) is 1. The molecular formula is C14H25F2NO3. The Hall–Kier alpha value is -0.910. The summed E-state index contributed by atoms with van der Waals surface area (Å²) in [6, 6.07) is 0. The normalized spacial score (nSPS) is 22.9. The highest BCUT2D eigenvalue weighted by atomic mass is 19.3. The molecule has 0 spiro atoms. The largest absolute Gasteiger partial charge is 0.444 e. The number of alkyl halides is 2. The topological polar surface area (TPSA) is 58.6 Å². The number of amides is 1. The van der Waals surface area contributed by atoms with Crippen molar-refractivity contribution < 1.29 is 23.4 Å². The fourth-order valence-electron chi connectivity index (χ4n) is 2.37. The molecule has 0 aromatic rings. The lowest BCUT2D eigenvalue weighted by Gasteiger charge is -2.38. The van der Waals surface area contributed by atoms with E-state index >= 15 is 0 Å². The Morgan fingerprint density at radius 2 is 1.80 bits per heavy atom. The van der Waals surface area contributed by atoms with Gasteiger partial charge in [-0.05, 0) is 46.5 Å². The average Bonchev–Trinajstić information content (AvgIpc) is 2.23. The van der Waals surface area contributed by atoms with E-state index in [4.69, 9.17) is 4.74 Å². The van der Waals surface area contributed by atoms with E-state index in [2.05, 4.69) is 5.32 Å². The van der Waals surface area contributed by atoms with Gasteiger partial charge in [-0.3, -0.25) is 0 Å². The zero-order chi connectivity index (χ0) is 15.6. The highest BCUT2D eigenvalue weighted by molar-refractivity contribution is 5.67. The molecular weight excluding hydrogens is 268 g/mol. The lowest BCUT2D eigenvalue weighted by molar-refractivity contribution is -0.0870. The van der Waals surface area contributed by atoms with Crippen molar-refractivity contribution >= 4 is 6.09 Å². The lowest BCUT2D eigenvalue weighted by atomic mass is 9.76. The van der Waals surface area contributed by atoms with Crippen molar-refractivity contribution in [1.82, 2.24) is 5.32 Å². The summed E-state index contributed by atoms with van der Waals surface area (Å²) in [6.07, 6.45) is -0.508. The summed E-state index contributed by atoms with van der Waals surface area (Å²) in [4.78, 5) is 11.5. The van der Waals surface area contributed by atoms with Gasteiger partial charge in [-0.15, -0.1) is 0 Å². The van der Waals surface area contributed by atoms with E-state index in [0.717, 1.165) is 0 Å². The van der Waals surface area contributed by atoms with Gasteiger partial charge in [-0.1, -0.05) is 0 Å². The zero-order valence-electron chi connectivity index (χ0n) is 12.6. The summed E-state index contributed by atoms with van der Waals surface area (Å²) in [5.41, 5.74) is -1.81. The number of rotatable bonds is 3. The molecule has 1 atom stereocenters. The maximum Gasteiger partial charge on any atom is 0.407 e. The molecule has 0 aromatic carbocycles. The number of carbonyl (C=O) groups is 1. The summed E-state index contributed by atoms with van der Waals surface area (Å²) in [7, 11) is 0. The molecule has 0 bridgehead atoms. The van der Waals surface area contributed by atoms with Gasteiger partial charge in [0.05, 0.1) is 5.60 Å². The molecule has 6 heteroatoms. The molecule has 0 heterocycles. The number of halogens is 2. The molecule has 0 radical (unpaired) electrons. The quantitative estimate of drug-likeness (QED) is 0.840. The zero-order valence-corrected chi connectivity index (χ0v) is 12.6. The number of alkyl carbamates (subject to hydrolysis) is 1. The van der Waals surface area contributed by atoms with Crippen molar-refractivity contribution in [3.63, 3.8) is 0 Å². The summed E-state index contributed by atoms with van der Waals surface area (Å²) in [5.74, 6) is -2.86. The van der Waals surface area contributed by atoms with Crippen molar-refractivity contribution in [2.24, 2.45) is 5.92 Å². The molecule has 2 N–H and O–H groups in total. The number of hydrogen-bond donors (Lipinski definition) is 2. The number of carbonyl (C=O) groups excluding carboxylic acids is 1. The van der Waals surface area contributed by atoms with Gasteiger partial charge in [-0.25, -0.2) is 13.6 Å². The molecule has 0 aromatic heterocycles. The van der Waals surface area contributed by atoms with E-state index in [0.29, 0.717) is 0 Å². The fraction of sp³-hybridized carbons (Fsp3) is 0.929. The summed E-state index contributed by atoms with van der Waals surface area (Å²) in [6.45, 7) is 6.80. The first kappa shape index (κ1) is 17.1. The molecule has 4 nitrogen and oxygen atoms in total. The van der Waals surface area contributed by atoms with Crippen molar-refractivity contribution in [3.8, 4) is 0 Å². The van der Waals surface area contributed by atoms with Gasteiger partial charge in [0.1, 0.15) is 5.60 Å². The van der Waals surface area contributed by atoms with Crippen molar-refractivity contribution in [1.29, 1.82) is 0 Å². The SMILES string of the molecule is CC(C)(C)OC(=O)NCC(C)(O)C1CCC(F)(F)CC1. The third-order valence-electron chi connectivity index (χ3n) is 3.59. The molecule has 1 rings (SSSR count). The average molecular weight is 293 g/mol. The lowest BCUT2D eigenvalue weighted by Crippen LogP contribution is -2.48. The van der Waals surface area contributed by atoms with Gasteiger partial charge in [-0.2, -0.15) is 0 Å². The van der Waals surface area contributed by atoms with Crippen LogP contribution in [-0.2, 0) is 4.74 Å². The van der Waals surface area contributed by atoms with E-state index in [-0.39, 0.29) is 38.1 Å². The van der Waals surface area contributed by atoms with Gasteiger partial charge in [0.2, 0.25) is 5.92 Å². The van der Waals surface area contributed by atoms with Crippen LogP contribution in [0.15, 0.2) is 0 Å². The maximum atomic E-state index is 13.1. The predicted octanol–water partition coefficient (Wildman–Crippen LogP) is 3.09. The Morgan fingerprint density at radius 3 is 2.25 bits per heavy atom. The third-order valence-corrected chi connectivity index (χ3v) is 3.59. The van der Waals surface area contributed by atoms with Crippen LogP contribution in [0.25, 0.3) is 0 Å². The molecule has 0 saturated heterocycles. The van der Waals surface area contributed by atoms with Crippen LogP contribution in [0.4, 0.5) is 13.6 Å². The molecule has 1 aliphatic carbocycles. The molecule has 1 amide bonds. The Morgan fingerprint density at radius 1 is 1.30 bits per heavy atom. The second-order valence-electron chi connectivity index (χ2n) is 6.84. The molecule has 1 saturated carbocycles. The minimum absolute atomic E-state index is 0.00183. The molecule has 0 aliphatic heterocycles. The van der Waals surface area contributed by atoms with Gasteiger partial charge < -0.3 is 15.2 Å². The van der Waals surface area contributed by atoms with E-state index < -0.39 is 23.2 Å². The van der Waals surface area contributed by atoms with Gasteiger partial charge in [0.25, 0.3) is 0 Å². The molecule has 1 aliphatic rings. The van der Waals surface area contributed by atoms with Gasteiger partial charge in [0, 0.05) is 19.4 Å². The second-order valence-corrected chi connectivity index (χ2v) is 6.84. The fourth-order valence-corrected chi connectivity index (χ4v) is 2.37. The maximum absolute atomic E-state index is 13.1. The summed E-state index contributed by atoms with van der Waals surface area (Å²) >= 11 is 0. The van der Waals surface area contributed by atoms with Crippen LogP contribution in [0.2, 0.25) is 0 Å². The van der Waals surface area contributed by atoms with Crippen LogP contribution >= 0.6 is 0 Å². The van der Waals surface area contributed by atoms with Crippen LogP contribution in [0.1, 0.15) is 53.4 Å². The predicted molar refractivity (Wildman–Crippen MR) is 71.8 cm³/mol. The van der Waals surface area contributed by atoms with Crippen molar-refractivity contribution in [3.05, 3.63) is 0 Å². The van der Waals surface area contributed by atoms with Crippen LogP contribution in [0.5, 0.6) is 0 Å².